The third-order valence-corrected chi connectivity index (χ3v) is 4.55. The van der Waals surface area contributed by atoms with E-state index in [4.69, 9.17) is 14.2 Å². The first kappa shape index (κ1) is 17.5. The molecule has 0 N–H and O–H groups in total. The fourth-order valence-electron chi connectivity index (χ4n) is 3.22. The van der Waals surface area contributed by atoms with Gasteiger partial charge in [-0.1, -0.05) is 12.1 Å². The second-order valence-electron chi connectivity index (χ2n) is 6.45. The number of amides is 2. The van der Waals surface area contributed by atoms with Crippen LogP contribution in [0.1, 0.15) is 6.42 Å². The molecule has 0 aliphatic carbocycles. The standard InChI is InChI=1S/C18H24N2O5/c1-19(11-14-12-24-15-5-3-4-6-16(15)25-14)18(22)13-9-17(21)20(10-13)7-8-23-2/h3-6,13-14H,7-12H2,1-2H3. The highest BCUT2D eigenvalue weighted by Gasteiger charge is 2.36. The van der Waals surface area contributed by atoms with Gasteiger partial charge in [-0.05, 0) is 12.1 Å². The number of carbonyl (C=O) groups is 2. The molecule has 0 aromatic heterocycles. The summed E-state index contributed by atoms with van der Waals surface area (Å²) < 4.78 is 16.6. The van der Waals surface area contributed by atoms with Gasteiger partial charge >= 0.3 is 0 Å². The van der Waals surface area contributed by atoms with Gasteiger partial charge in [0.25, 0.3) is 0 Å². The maximum Gasteiger partial charge on any atom is 0.227 e. The van der Waals surface area contributed by atoms with Crippen molar-refractivity contribution < 1.29 is 23.8 Å². The lowest BCUT2D eigenvalue weighted by atomic mass is 10.1. The molecule has 2 atom stereocenters. The van der Waals surface area contributed by atoms with Gasteiger partial charge in [0, 0.05) is 33.7 Å². The predicted octanol–water partition coefficient (Wildman–Crippen LogP) is 0.780. The lowest BCUT2D eigenvalue weighted by molar-refractivity contribution is -0.135. The molecule has 2 unspecified atom stereocenters. The molecule has 0 spiro atoms. The van der Waals surface area contributed by atoms with Gasteiger partial charge < -0.3 is 24.0 Å². The molecule has 0 saturated carbocycles. The van der Waals surface area contributed by atoms with E-state index in [1.165, 1.54) is 0 Å². The van der Waals surface area contributed by atoms with E-state index in [0.29, 0.717) is 38.6 Å². The van der Waals surface area contributed by atoms with Crippen molar-refractivity contribution in [2.45, 2.75) is 12.5 Å². The minimum Gasteiger partial charge on any atom is -0.486 e. The van der Waals surface area contributed by atoms with E-state index in [-0.39, 0.29) is 30.3 Å². The molecule has 2 amide bonds. The van der Waals surface area contributed by atoms with Gasteiger partial charge in [0.15, 0.2) is 17.6 Å². The Hall–Kier alpha value is -2.28. The van der Waals surface area contributed by atoms with Crippen LogP contribution >= 0.6 is 0 Å². The van der Waals surface area contributed by atoms with Crippen LogP contribution in [0.5, 0.6) is 11.5 Å². The smallest absolute Gasteiger partial charge is 0.227 e. The minimum atomic E-state index is -0.300. The van der Waals surface area contributed by atoms with Crippen LogP contribution in [0.15, 0.2) is 24.3 Å². The monoisotopic (exact) mass is 348 g/mol. The Balaban J connectivity index is 1.53. The molecule has 1 saturated heterocycles. The number of hydrogen-bond acceptors (Lipinski definition) is 5. The summed E-state index contributed by atoms with van der Waals surface area (Å²) in [5.41, 5.74) is 0. The zero-order valence-electron chi connectivity index (χ0n) is 14.6. The molecular weight excluding hydrogens is 324 g/mol. The van der Waals surface area contributed by atoms with Crippen LogP contribution in [0.3, 0.4) is 0 Å². The van der Waals surface area contributed by atoms with Gasteiger partial charge in [0.1, 0.15) is 6.61 Å². The van der Waals surface area contributed by atoms with Crippen LogP contribution in [0.2, 0.25) is 0 Å². The molecule has 1 fully saturated rings. The van der Waals surface area contributed by atoms with Crippen molar-refractivity contribution in [1.29, 1.82) is 0 Å². The molecule has 7 nitrogen and oxygen atoms in total. The van der Waals surface area contributed by atoms with Gasteiger partial charge in [-0.15, -0.1) is 0 Å². The number of ether oxygens (including phenoxy) is 3. The summed E-state index contributed by atoms with van der Waals surface area (Å²) in [5, 5.41) is 0. The molecule has 1 aromatic carbocycles. The second kappa shape index (κ2) is 7.74. The Kier molecular flexibility index (Phi) is 5.43. The largest absolute Gasteiger partial charge is 0.486 e. The van der Waals surface area contributed by atoms with Crippen LogP contribution in [-0.2, 0) is 14.3 Å². The minimum absolute atomic E-state index is 0.00924. The number of rotatable bonds is 6. The molecule has 7 heteroatoms. The van der Waals surface area contributed by atoms with Gasteiger partial charge in [0.2, 0.25) is 11.8 Å². The first-order chi connectivity index (χ1) is 12.1. The van der Waals surface area contributed by atoms with Crippen LogP contribution in [0, 0.1) is 5.92 Å². The number of carbonyl (C=O) groups excluding carboxylic acids is 2. The van der Waals surface area contributed by atoms with Crippen molar-refractivity contribution in [2.24, 2.45) is 5.92 Å². The van der Waals surface area contributed by atoms with Crippen molar-refractivity contribution in [3.8, 4) is 11.5 Å². The normalized spacial score (nSPS) is 22.2. The van der Waals surface area contributed by atoms with Crippen LogP contribution in [0.25, 0.3) is 0 Å². The molecular formula is C18H24N2O5. The Bertz CT molecular complexity index is 636. The van der Waals surface area contributed by atoms with E-state index < -0.39 is 0 Å². The maximum absolute atomic E-state index is 12.6. The number of hydrogen-bond donors (Lipinski definition) is 0. The number of benzene rings is 1. The summed E-state index contributed by atoms with van der Waals surface area (Å²) in [6, 6.07) is 7.49. The van der Waals surface area contributed by atoms with E-state index in [0.717, 1.165) is 5.75 Å². The lowest BCUT2D eigenvalue weighted by Gasteiger charge is -2.30. The van der Waals surface area contributed by atoms with E-state index in [1.807, 2.05) is 24.3 Å². The van der Waals surface area contributed by atoms with Crippen molar-refractivity contribution in [3.05, 3.63) is 24.3 Å². The molecule has 3 rings (SSSR count). The quantitative estimate of drug-likeness (QED) is 0.760. The van der Waals surface area contributed by atoms with Crippen molar-refractivity contribution in [1.82, 2.24) is 9.80 Å². The van der Waals surface area contributed by atoms with E-state index in [2.05, 4.69) is 0 Å². The summed E-state index contributed by atoms with van der Waals surface area (Å²) in [5.74, 6) is 1.10. The Morgan fingerprint density at radius 2 is 2.12 bits per heavy atom. The molecule has 2 heterocycles. The Morgan fingerprint density at radius 1 is 1.36 bits per heavy atom. The number of likely N-dealkylation sites (tertiary alicyclic amines) is 1. The molecule has 136 valence electrons. The summed E-state index contributed by atoms with van der Waals surface area (Å²) in [7, 11) is 3.34. The zero-order valence-corrected chi connectivity index (χ0v) is 14.6. The van der Waals surface area contributed by atoms with Gasteiger partial charge in [0.05, 0.1) is 19.1 Å². The predicted molar refractivity (Wildman–Crippen MR) is 90.6 cm³/mol. The lowest BCUT2D eigenvalue weighted by Crippen LogP contribution is -2.44. The molecule has 2 aliphatic heterocycles. The Labute approximate surface area is 147 Å². The first-order valence-electron chi connectivity index (χ1n) is 8.48. The zero-order chi connectivity index (χ0) is 17.8. The van der Waals surface area contributed by atoms with Gasteiger partial charge in [-0.3, -0.25) is 9.59 Å². The highest BCUT2D eigenvalue weighted by Crippen LogP contribution is 2.31. The van der Waals surface area contributed by atoms with Gasteiger partial charge in [-0.2, -0.15) is 0 Å². The number of nitrogens with zero attached hydrogens (tertiary/aromatic N) is 2. The van der Waals surface area contributed by atoms with E-state index in [1.54, 1.807) is 24.0 Å². The summed E-state index contributed by atoms with van der Waals surface area (Å²) in [4.78, 5) is 28.0. The highest BCUT2D eigenvalue weighted by molar-refractivity contribution is 5.89. The van der Waals surface area contributed by atoms with Crippen LogP contribution < -0.4 is 9.47 Å². The third kappa shape index (κ3) is 4.04. The Morgan fingerprint density at radius 3 is 2.88 bits per heavy atom. The van der Waals surface area contributed by atoms with Crippen LogP contribution in [0.4, 0.5) is 0 Å². The number of likely N-dealkylation sites (N-methyl/N-ethyl adjacent to an activating group) is 1. The summed E-state index contributed by atoms with van der Waals surface area (Å²) in [6.45, 7) is 2.29. The first-order valence-corrected chi connectivity index (χ1v) is 8.48. The van der Waals surface area contributed by atoms with E-state index >= 15 is 0 Å². The SMILES string of the molecule is COCCN1CC(C(=O)N(C)CC2COc3ccccc3O2)CC1=O. The molecule has 0 bridgehead atoms. The van der Waals surface area contributed by atoms with Crippen molar-refractivity contribution in [3.63, 3.8) is 0 Å². The third-order valence-electron chi connectivity index (χ3n) is 4.55. The second-order valence-corrected chi connectivity index (χ2v) is 6.45. The summed E-state index contributed by atoms with van der Waals surface area (Å²) >= 11 is 0. The fraction of sp³-hybridized carbons (Fsp3) is 0.556. The van der Waals surface area contributed by atoms with Crippen molar-refractivity contribution in [2.75, 3.05) is 47.0 Å². The maximum atomic E-state index is 12.6. The molecule has 1 aromatic rings. The topological polar surface area (TPSA) is 68.3 Å². The highest BCUT2D eigenvalue weighted by atomic mass is 16.6. The van der Waals surface area contributed by atoms with Gasteiger partial charge in [-0.25, -0.2) is 0 Å². The number of fused-ring (bicyclic) bond motifs is 1. The van der Waals surface area contributed by atoms with Crippen LogP contribution in [-0.4, -0.2) is 74.7 Å². The average molecular weight is 348 g/mol. The number of methoxy groups -OCH3 is 1. The molecule has 2 aliphatic rings. The van der Waals surface area contributed by atoms with E-state index in [9.17, 15) is 9.59 Å². The number of para-hydroxylation sites is 2. The molecule has 0 radical (unpaired) electrons. The molecule has 25 heavy (non-hydrogen) atoms. The van der Waals surface area contributed by atoms with Crippen molar-refractivity contribution >= 4 is 11.8 Å². The summed E-state index contributed by atoms with van der Waals surface area (Å²) in [6.07, 6.45) is 0.0446. The fourth-order valence-corrected chi connectivity index (χ4v) is 3.22. The average Bonchev–Trinajstić information content (AvgIpc) is 2.99.